The predicted molar refractivity (Wildman–Crippen MR) is 69.8 cm³/mol. The highest BCUT2D eigenvalue weighted by atomic mass is 16.1. The van der Waals surface area contributed by atoms with Gasteiger partial charge in [-0.3, -0.25) is 4.79 Å². The fraction of sp³-hybridized carbons (Fsp3) is 0.929. The third-order valence-corrected chi connectivity index (χ3v) is 4.16. The van der Waals surface area contributed by atoms with Crippen LogP contribution in [-0.2, 0) is 4.79 Å². The Labute approximate surface area is 105 Å². The molecule has 1 heterocycles. The topological polar surface area (TPSA) is 41.1 Å². The monoisotopic (exact) mass is 238 g/mol. The van der Waals surface area contributed by atoms with E-state index in [4.69, 9.17) is 0 Å². The average molecular weight is 238 g/mol. The molecule has 2 fully saturated rings. The predicted octanol–water partition coefficient (Wildman–Crippen LogP) is 2.22. The summed E-state index contributed by atoms with van der Waals surface area (Å²) in [4.78, 5) is 12.2. The van der Waals surface area contributed by atoms with Crippen molar-refractivity contribution in [3.8, 4) is 0 Å². The van der Waals surface area contributed by atoms with Gasteiger partial charge in [-0.1, -0.05) is 32.1 Å². The van der Waals surface area contributed by atoms with Gasteiger partial charge in [0.25, 0.3) is 0 Å². The lowest BCUT2D eigenvalue weighted by Crippen LogP contribution is -2.45. The fourth-order valence-corrected chi connectivity index (χ4v) is 3.00. The average Bonchev–Trinajstić information content (AvgIpc) is 2.29. The molecule has 2 N–H and O–H groups in total. The first-order valence-corrected chi connectivity index (χ1v) is 7.37. The second-order valence-corrected chi connectivity index (χ2v) is 5.57. The van der Waals surface area contributed by atoms with Crippen molar-refractivity contribution in [3.05, 3.63) is 0 Å². The molecule has 0 radical (unpaired) electrons. The molecule has 1 saturated carbocycles. The van der Waals surface area contributed by atoms with Crippen molar-refractivity contribution in [3.63, 3.8) is 0 Å². The Bertz CT molecular complexity index is 228. The maximum absolute atomic E-state index is 12.2. The Hall–Kier alpha value is -0.570. The normalized spacial score (nSPS) is 24.9. The Morgan fingerprint density at radius 2 is 1.47 bits per heavy atom. The summed E-state index contributed by atoms with van der Waals surface area (Å²) in [6.45, 7) is 2.10. The van der Waals surface area contributed by atoms with Gasteiger partial charge in [0.2, 0.25) is 5.91 Å². The van der Waals surface area contributed by atoms with E-state index in [0.29, 0.717) is 17.9 Å². The molecule has 0 unspecified atom stereocenters. The minimum Gasteiger partial charge on any atom is -0.353 e. The van der Waals surface area contributed by atoms with E-state index < -0.39 is 0 Å². The smallest absolute Gasteiger partial charge is 0.223 e. The summed E-state index contributed by atoms with van der Waals surface area (Å²) >= 11 is 0. The van der Waals surface area contributed by atoms with Gasteiger partial charge < -0.3 is 10.6 Å². The van der Waals surface area contributed by atoms with E-state index in [0.717, 1.165) is 38.8 Å². The number of nitrogens with one attached hydrogen (secondary N) is 2. The van der Waals surface area contributed by atoms with Crippen LogP contribution in [0.4, 0.5) is 0 Å². The van der Waals surface area contributed by atoms with Crippen molar-refractivity contribution >= 4 is 5.91 Å². The van der Waals surface area contributed by atoms with Gasteiger partial charge in [-0.2, -0.15) is 0 Å². The molecule has 0 aromatic rings. The van der Waals surface area contributed by atoms with E-state index in [9.17, 15) is 4.79 Å². The summed E-state index contributed by atoms with van der Waals surface area (Å²) < 4.78 is 0. The van der Waals surface area contributed by atoms with Gasteiger partial charge in [-0.25, -0.2) is 0 Å². The standard InChI is InChI=1S/C14H26N2O/c17-14(16-13-8-10-15-11-9-13)12-6-4-2-1-3-5-7-12/h12-13,15H,1-11H2,(H,16,17). The van der Waals surface area contributed by atoms with E-state index in [-0.39, 0.29) is 0 Å². The molecule has 0 aromatic carbocycles. The van der Waals surface area contributed by atoms with Crippen LogP contribution in [0.5, 0.6) is 0 Å². The molecule has 1 saturated heterocycles. The summed E-state index contributed by atoms with van der Waals surface area (Å²) in [5.74, 6) is 0.629. The zero-order chi connectivity index (χ0) is 11.9. The highest BCUT2D eigenvalue weighted by molar-refractivity contribution is 5.78. The number of carbonyl (C=O) groups excluding carboxylic acids is 1. The minimum absolute atomic E-state index is 0.296. The molecule has 2 aliphatic rings. The zero-order valence-electron chi connectivity index (χ0n) is 10.8. The van der Waals surface area contributed by atoms with Crippen LogP contribution in [0.25, 0.3) is 0 Å². The first-order chi connectivity index (χ1) is 8.36. The van der Waals surface area contributed by atoms with Crippen molar-refractivity contribution in [2.75, 3.05) is 13.1 Å². The highest BCUT2D eigenvalue weighted by Gasteiger charge is 2.22. The molecule has 3 nitrogen and oxygen atoms in total. The molecule has 98 valence electrons. The first-order valence-electron chi connectivity index (χ1n) is 7.37. The van der Waals surface area contributed by atoms with Crippen molar-refractivity contribution in [2.24, 2.45) is 5.92 Å². The first kappa shape index (κ1) is 12.9. The van der Waals surface area contributed by atoms with Crippen LogP contribution in [0, 0.1) is 5.92 Å². The van der Waals surface area contributed by atoms with Crippen LogP contribution in [0.1, 0.15) is 57.8 Å². The Morgan fingerprint density at radius 3 is 2.12 bits per heavy atom. The van der Waals surface area contributed by atoms with Gasteiger partial charge in [-0.05, 0) is 38.8 Å². The molecule has 1 amide bonds. The SMILES string of the molecule is O=C(NC1CCNCC1)C1CCCCCCC1. The number of amides is 1. The molecular formula is C14H26N2O. The van der Waals surface area contributed by atoms with Crippen molar-refractivity contribution in [1.82, 2.24) is 10.6 Å². The largest absolute Gasteiger partial charge is 0.353 e. The number of hydrogen-bond donors (Lipinski definition) is 2. The van der Waals surface area contributed by atoms with Crippen molar-refractivity contribution in [1.29, 1.82) is 0 Å². The Balaban J connectivity index is 1.76. The van der Waals surface area contributed by atoms with Gasteiger partial charge in [0.05, 0.1) is 0 Å². The van der Waals surface area contributed by atoms with Gasteiger partial charge in [0.1, 0.15) is 0 Å². The molecule has 2 rings (SSSR count). The quantitative estimate of drug-likeness (QED) is 0.774. The number of rotatable bonds is 2. The maximum Gasteiger partial charge on any atom is 0.223 e. The van der Waals surface area contributed by atoms with Crippen LogP contribution >= 0.6 is 0 Å². The van der Waals surface area contributed by atoms with Crippen LogP contribution in [-0.4, -0.2) is 25.0 Å². The number of hydrogen-bond acceptors (Lipinski definition) is 2. The fourth-order valence-electron chi connectivity index (χ4n) is 3.00. The summed E-state index contributed by atoms with van der Waals surface area (Å²) in [6.07, 6.45) is 10.9. The molecule has 0 spiro atoms. The van der Waals surface area contributed by atoms with Gasteiger partial charge in [0, 0.05) is 12.0 Å². The van der Waals surface area contributed by atoms with Crippen molar-refractivity contribution in [2.45, 2.75) is 63.8 Å². The highest BCUT2D eigenvalue weighted by Crippen LogP contribution is 2.22. The summed E-state index contributed by atoms with van der Waals surface area (Å²) in [6, 6.07) is 0.425. The van der Waals surface area contributed by atoms with E-state index in [1.807, 2.05) is 0 Å². The lowest BCUT2D eigenvalue weighted by Gasteiger charge is -2.26. The molecule has 1 aliphatic carbocycles. The van der Waals surface area contributed by atoms with Gasteiger partial charge in [-0.15, -0.1) is 0 Å². The molecular weight excluding hydrogens is 212 g/mol. The van der Waals surface area contributed by atoms with E-state index in [1.54, 1.807) is 0 Å². The number of carbonyl (C=O) groups is 1. The maximum atomic E-state index is 12.2. The van der Waals surface area contributed by atoms with Gasteiger partial charge >= 0.3 is 0 Å². The Kier molecular flexibility index (Phi) is 5.30. The van der Waals surface area contributed by atoms with E-state index in [2.05, 4.69) is 10.6 Å². The lowest BCUT2D eigenvalue weighted by molar-refractivity contribution is -0.126. The van der Waals surface area contributed by atoms with Crippen LogP contribution in [0.3, 0.4) is 0 Å². The zero-order valence-corrected chi connectivity index (χ0v) is 10.8. The van der Waals surface area contributed by atoms with Gasteiger partial charge in [0.15, 0.2) is 0 Å². The van der Waals surface area contributed by atoms with Crippen LogP contribution < -0.4 is 10.6 Å². The number of piperidine rings is 1. The lowest BCUT2D eigenvalue weighted by atomic mass is 9.90. The van der Waals surface area contributed by atoms with Crippen molar-refractivity contribution < 1.29 is 4.79 Å². The second kappa shape index (κ2) is 7.00. The Morgan fingerprint density at radius 1 is 0.882 bits per heavy atom. The van der Waals surface area contributed by atoms with E-state index >= 15 is 0 Å². The van der Waals surface area contributed by atoms with E-state index in [1.165, 1.54) is 32.1 Å². The molecule has 0 bridgehead atoms. The molecule has 3 heteroatoms. The molecule has 17 heavy (non-hydrogen) atoms. The summed E-state index contributed by atoms with van der Waals surface area (Å²) in [5, 5.41) is 6.59. The summed E-state index contributed by atoms with van der Waals surface area (Å²) in [7, 11) is 0. The minimum atomic E-state index is 0.296. The molecule has 1 aliphatic heterocycles. The van der Waals surface area contributed by atoms with Crippen LogP contribution in [0.2, 0.25) is 0 Å². The third-order valence-electron chi connectivity index (χ3n) is 4.16. The second-order valence-electron chi connectivity index (χ2n) is 5.57. The molecule has 0 atom stereocenters. The summed E-state index contributed by atoms with van der Waals surface area (Å²) in [5.41, 5.74) is 0. The van der Waals surface area contributed by atoms with Crippen LogP contribution in [0.15, 0.2) is 0 Å². The third kappa shape index (κ3) is 4.30. The molecule has 0 aromatic heterocycles.